The molecule has 0 spiro atoms. The molecule has 5 N–H and O–H groups in total. The van der Waals surface area contributed by atoms with Crippen LogP contribution in [0.25, 0.3) is 0 Å². The van der Waals surface area contributed by atoms with Gasteiger partial charge in [-0.3, -0.25) is 9.79 Å². The van der Waals surface area contributed by atoms with E-state index in [-0.39, 0.29) is 40.2 Å². The fourth-order valence-corrected chi connectivity index (χ4v) is 4.52. The van der Waals surface area contributed by atoms with E-state index in [0.29, 0.717) is 38.0 Å². The van der Waals surface area contributed by atoms with Crippen molar-refractivity contribution in [3.05, 3.63) is 65.9 Å². The van der Waals surface area contributed by atoms with Crippen LogP contribution in [0.15, 0.2) is 58.2 Å². The number of thiol groups is 1. The van der Waals surface area contributed by atoms with E-state index in [1.54, 1.807) is 41.6 Å². The lowest BCUT2D eigenvalue weighted by Crippen LogP contribution is -2.81. The average molecular weight is 552 g/mol. The van der Waals surface area contributed by atoms with Crippen LogP contribution in [-0.4, -0.2) is 63.7 Å². The second-order valence-electron chi connectivity index (χ2n) is 10.4. The first-order valence-corrected chi connectivity index (χ1v) is 13.1. The van der Waals surface area contributed by atoms with Gasteiger partial charge in [0.05, 0.1) is 5.56 Å². The van der Waals surface area contributed by atoms with Gasteiger partial charge in [-0.1, -0.05) is 26.8 Å². The highest BCUT2D eigenvalue weighted by molar-refractivity contribution is 7.78. The molecule has 12 heteroatoms. The molecule has 0 aliphatic carbocycles. The van der Waals surface area contributed by atoms with Gasteiger partial charge in [-0.15, -0.1) is 0 Å². The van der Waals surface area contributed by atoms with Gasteiger partial charge in [-0.2, -0.15) is 0 Å². The number of aliphatic imine (C=N–C) groups is 1. The van der Waals surface area contributed by atoms with E-state index in [4.69, 9.17) is 10.2 Å². The number of phenols is 1. The quantitative estimate of drug-likeness (QED) is 0.183. The summed E-state index contributed by atoms with van der Waals surface area (Å²) in [5.74, 6) is 2.03. The first-order chi connectivity index (χ1) is 18.6. The fraction of sp³-hybridized carbons (Fsp3) is 0.370. The summed E-state index contributed by atoms with van der Waals surface area (Å²) in [7, 11) is 0. The summed E-state index contributed by atoms with van der Waals surface area (Å²) >= 11 is 4.21. The standard InChI is InChI=1S/C27H34N8O3S/c1-17-9-10-20(38-17)22(27(2,3)4)32-24(33-39)23(28)31-19-8-5-7-18(21(19)36)25(37)34-13-15-35(16-14-34)26-29-11-6-12-30-26/h5-12,22,36,39H,13-16H2,1-4H3,(H2,28,31)(H,32,33)/p+1/t22-/m0/s1. The van der Waals surface area contributed by atoms with Gasteiger partial charge in [0.25, 0.3) is 5.91 Å². The van der Waals surface area contributed by atoms with Crippen LogP contribution in [-0.2, 0) is 0 Å². The van der Waals surface area contributed by atoms with Crippen molar-refractivity contribution in [2.75, 3.05) is 31.1 Å². The number of para-hydroxylation sites is 1. The van der Waals surface area contributed by atoms with Crippen LogP contribution in [0.4, 0.5) is 11.6 Å². The number of furan rings is 1. The van der Waals surface area contributed by atoms with E-state index in [2.05, 4.69) is 58.3 Å². The lowest BCUT2D eigenvalue weighted by molar-refractivity contribution is -0.532. The van der Waals surface area contributed by atoms with Gasteiger partial charge in [0.2, 0.25) is 11.8 Å². The monoisotopic (exact) mass is 551 g/mol. The van der Waals surface area contributed by atoms with Crippen molar-refractivity contribution in [3.63, 3.8) is 0 Å². The van der Waals surface area contributed by atoms with Crippen LogP contribution < -0.4 is 20.3 Å². The number of aryl methyl sites for hydroxylation is 1. The molecular formula is C27H35N8O3S+. The number of carbonyl (C=O) groups excluding carboxylic acids is 1. The fourth-order valence-electron chi connectivity index (χ4n) is 4.35. The lowest BCUT2D eigenvalue weighted by Gasteiger charge is -2.34. The number of aromatic nitrogens is 2. The third kappa shape index (κ3) is 6.51. The largest absolute Gasteiger partial charge is 0.505 e. The third-order valence-electron chi connectivity index (χ3n) is 6.46. The van der Waals surface area contributed by atoms with E-state index >= 15 is 0 Å². The first-order valence-electron chi connectivity index (χ1n) is 12.7. The van der Waals surface area contributed by atoms with Crippen LogP contribution in [0, 0.1) is 12.3 Å². The maximum Gasteiger partial charge on any atom is 0.322 e. The van der Waals surface area contributed by atoms with Crippen molar-refractivity contribution < 1.29 is 19.3 Å². The zero-order valence-electron chi connectivity index (χ0n) is 22.5. The first kappa shape index (κ1) is 28.0. The van der Waals surface area contributed by atoms with Crippen LogP contribution in [0.3, 0.4) is 0 Å². The molecule has 1 aromatic carbocycles. The molecule has 1 saturated heterocycles. The second kappa shape index (κ2) is 11.8. The predicted octanol–water partition coefficient (Wildman–Crippen LogP) is 1.74. The van der Waals surface area contributed by atoms with Crippen molar-refractivity contribution in [3.8, 4) is 5.75 Å². The number of hydrogen-bond acceptors (Lipinski definition) is 8. The number of aromatic hydroxyl groups is 1. The molecule has 1 fully saturated rings. The molecule has 206 valence electrons. The number of nitrogens with two attached hydrogens (primary N) is 1. The number of phenolic OH excluding ortho intramolecular Hbond substituents is 1. The summed E-state index contributed by atoms with van der Waals surface area (Å²) in [6.07, 6.45) is 3.39. The molecule has 39 heavy (non-hydrogen) atoms. The van der Waals surface area contributed by atoms with Crippen molar-refractivity contribution in [1.82, 2.24) is 19.6 Å². The van der Waals surface area contributed by atoms with Gasteiger partial charge in [-0.05, 0) is 37.3 Å². The number of benzene rings is 1. The van der Waals surface area contributed by atoms with Crippen molar-refractivity contribution in [1.29, 1.82) is 0 Å². The zero-order chi connectivity index (χ0) is 28.2. The molecule has 0 unspecified atom stereocenters. The maximum absolute atomic E-state index is 13.3. The summed E-state index contributed by atoms with van der Waals surface area (Å²) in [4.78, 5) is 33.3. The summed E-state index contributed by atoms with van der Waals surface area (Å²) in [6.45, 7) is 10.2. The number of hydrogen-bond donors (Lipinski definition) is 5. The van der Waals surface area contributed by atoms with Gasteiger partial charge in [0, 0.05) is 56.8 Å². The van der Waals surface area contributed by atoms with Crippen molar-refractivity contribution in [2.24, 2.45) is 16.1 Å². The topological polar surface area (TPSA) is 147 Å². The Morgan fingerprint density at radius 2 is 1.85 bits per heavy atom. The Morgan fingerprint density at radius 1 is 1.15 bits per heavy atom. The van der Waals surface area contributed by atoms with Crippen molar-refractivity contribution in [2.45, 2.75) is 33.7 Å². The number of piperazine rings is 1. The molecule has 0 saturated carbocycles. The molecule has 0 radical (unpaired) electrons. The number of amidine groups is 2. The average Bonchev–Trinajstić information content (AvgIpc) is 3.35. The molecular weight excluding hydrogens is 516 g/mol. The normalized spacial score (nSPS) is 15.8. The second-order valence-corrected chi connectivity index (χ2v) is 10.6. The van der Waals surface area contributed by atoms with E-state index in [1.165, 1.54) is 0 Å². The third-order valence-corrected chi connectivity index (χ3v) is 6.68. The van der Waals surface area contributed by atoms with Crippen LogP contribution in [0.5, 0.6) is 5.75 Å². The van der Waals surface area contributed by atoms with Crippen LogP contribution >= 0.6 is 12.8 Å². The van der Waals surface area contributed by atoms with Gasteiger partial charge < -0.3 is 25.1 Å². The summed E-state index contributed by atoms with van der Waals surface area (Å²) in [5, 5.41) is 11.0. The van der Waals surface area contributed by atoms with Gasteiger partial charge >= 0.3 is 5.84 Å². The molecule has 3 heterocycles. The molecule has 0 bridgehead atoms. The summed E-state index contributed by atoms with van der Waals surface area (Å²) < 4.78 is 8.62. The maximum atomic E-state index is 13.3. The highest BCUT2D eigenvalue weighted by Crippen LogP contribution is 2.32. The number of carbonyl (C=O) groups is 1. The molecule has 1 aliphatic rings. The SMILES string of the molecule is Cc1ccc([C@H]([NH+]=C(NS)C(N)=Nc2cccc(C(=O)N3CCN(c4ncccn4)CC3)c2O)C(C)(C)C)o1. The predicted molar refractivity (Wildman–Crippen MR) is 153 cm³/mol. The van der Waals surface area contributed by atoms with Gasteiger partial charge in [-0.25, -0.2) is 19.7 Å². The number of nitrogens with zero attached hydrogens (tertiary/aromatic N) is 5. The minimum Gasteiger partial charge on any atom is -0.505 e. The van der Waals surface area contributed by atoms with Gasteiger partial charge in [0.15, 0.2) is 11.8 Å². The highest BCUT2D eigenvalue weighted by Gasteiger charge is 2.32. The minimum atomic E-state index is -0.285. The number of amides is 1. The zero-order valence-corrected chi connectivity index (χ0v) is 23.4. The Morgan fingerprint density at radius 3 is 2.44 bits per heavy atom. The minimum absolute atomic E-state index is 0.0545. The lowest BCUT2D eigenvalue weighted by atomic mass is 9.85. The van der Waals surface area contributed by atoms with Crippen molar-refractivity contribution >= 4 is 42.0 Å². The highest BCUT2D eigenvalue weighted by atomic mass is 32.1. The van der Waals surface area contributed by atoms with E-state index in [9.17, 15) is 9.90 Å². The van der Waals surface area contributed by atoms with E-state index < -0.39 is 0 Å². The van der Waals surface area contributed by atoms with Crippen LogP contribution in [0.2, 0.25) is 0 Å². The summed E-state index contributed by atoms with van der Waals surface area (Å²) in [5.41, 5.74) is 6.40. The number of rotatable bonds is 5. The molecule has 11 nitrogen and oxygen atoms in total. The Hall–Kier alpha value is -4.06. The molecule has 2 aromatic heterocycles. The molecule has 1 amide bonds. The summed E-state index contributed by atoms with van der Waals surface area (Å²) in [6, 6.07) is 10.2. The number of nitrogens with one attached hydrogen (secondary N) is 2. The molecule has 1 atom stereocenters. The smallest absolute Gasteiger partial charge is 0.322 e. The van der Waals surface area contributed by atoms with Crippen LogP contribution in [0.1, 0.15) is 48.7 Å². The van der Waals surface area contributed by atoms with E-state index in [1.807, 2.05) is 24.0 Å². The Labute approximate surface area is 233 Å². The molecule has 1 aliphatic heterocycles. The Balaban J connectivity index is 1.54. The molecule has 3 aromatic rings. The van der Waals surface area contributed by atoms with E-state index in [0.717, 1.165) is 11.5 Å². The Bertz CT molecular complexity index is 1360. The van der Waals surface area contributed by atoms with Gasteiger partial charge in [0.1, 0.15) is 17.2 Å². The Kier molecular flexibility index (Phi) is 8.44. The number of anilines is 1. The molecule has 4 rings (SSSR count).